The van der Waals surface area contributed by atoms with E-state index in [0.717, 1.165) is 48.9 Å². The Labute approximate surface area is 198 Å². The van der Waals surface area contributed by atoms with Crippen LogP contribution in [-0.4, -0.2) is 76.5 Å². The molecule has 3 fully saturated rings. The van der Waals surface area contributed by atoms with Gasteiger partial charge in [-0.1, -0.05) is 6.07 Å². The number of ether oxygens (including phenoxy) is 2. The maximum atomic E-state index is 9.79. The largest absolute Gasteiger partial charge is 0.376 e. The molecule has 0 unspecified atom stereocenters. The van der Waals surface area contributed by atoms with E-state index in [2.05, 4.69) is 31.6 Å². The molecule has 1 saturated carbocycles. The molecular formula is C25H29N7O2. The fraction of sp³-hybridized carbons (Fsp3) is 0.520. The van der Waals surface area contributed by atoms with Crippen LogP contribution >= 0.6 is 0 Å². The molecule has 1 N–H and O–H groups in total. The van der Waals surface area contributed by atoms with Gasteiger partial charge in [0, 0.05) is 49.9 Å². The summed E-state index contributed by atoms with van der Waals surface area (Å²) >= 11 is 0. The van der Waals surface area contributed by atoms with E-state index in [1.807, 2.05) is 37.5 Å². The number of fused-ring (bicyclic) bond motifs is 2. The minimum Gasteiger partial charge on any atom is -0.376 e. The van der Waals surface area contributed by atoms with Crippen LogP contribution in [0.1, 0.15) is 18.4 Å². The molecular weight excluding hydrogens is 430 g/mol. The number of benzene rings is 1. The van der Waals surface area contributed by atoms with E-state index in [9.17, 15) is 5.26 Å². The van der Waals surface area contributed by atoms with Crippen molar-refractivity contribution in [1.29, 1.82) is 5.26 Å². The Kier molecular flexibility index (Phi) is 5.65. The zero-order valence-corrected chi connectivity index (χ0v) is 19.4. The molecule has 4 heterocycles. The van der Waals surface area contributed by atoms with Gasteiger partial charge < -0.3 is 19.7 Å². The molecule has 1 aliphatic carbocycles. The number of hydrogen-bond donors (Lipinski definition) is 1. The lowest BCUT2D eigenvalue weighted by molar-refractivity contribution is -0.0964. The molecule has 34 heavy (non-hydrogen) atoms. The Bertz CT molecular complexity index is 1220. The maximum absolute atomic E-state index is 9.79. The monoisotopic (exact) mass is 459 g/mol. The Morgan fingerprint density at radius 3 is 2.76 bits per heavy atom. The van der Waals surface area contributed by atoms with Gasteiger partial charge in [0.2, 0.25) is 0 Å². The third-order valence-electron chi connectivity index (χ3n) is 7.34. The van der Waals surface area contributed by atoms with Crippen LogP contribution in [0.2, 0.25) is 0 Å². The number of rotatable bonds is 5. The normalized spacial score (nSPS) is 27.1. The first-order valence-electron chi connectivity index (χ1n) is 12.0. The molecule has 6 rings (SSSR count). The predicted octanol–water partition coefficient (Wildman–Crippen LogP) is 2.44. The van der Waals surface area contributed by atoms with Gasteiger partial charge >= 0.3 is 0 Å². The van der Waals surface area contributed by atoms with Crippen molar-refractivity contribution in [3.8, 4) is 17.3 Å². The number of nitriles is 1. The minimum atomic E-state index is 0.201. The second-order valence-electron chi connectivity index (χ2n) is 9.80. The van der Waals surface area contributed by atoms with Gasteiger partial charge in [-0.05, 0) is 42.9 Å². The first-order chi connectivity index (χ1) is 16.6. The highest BCUT2D eigenvalue weighted by atomic mass is 16.6. The van der Waals surface area contributed by atoms with Crippen LogP contribution in [0.15, 0.2) is 30.5 Å². The van der Waals surface area contributed by atoms with Crippen molar-refractivity contribution in [2.24, 2.45) is 18.9 Å². The lowest BCUT2D eigenvalue weighted by atomic mass is 10.0. The number of nitrogens with one attached hydrogen (secondary N) is 1. The average molecular weight is 460 g/mol. The average Bonchev–Trinajstić information content (AvgIpc) is 3.51. The van der Waals surface area contributed by atoms with E-state index < -0.39 is 0 Å². The van der Waals surface area contributed by atoms with Crippen LogP contribution in [0.25, 0.3) is 22.2 Å². The number of hydrogen-bond acceptors (Lipinski definition) is 8. The molecule has 0 bridgehead atoms. The van der Waals surface area contributed by atoms with Gasteiger partial charge in [-0.15, -0.1) is 10.2 Å². The molecule has 2 aromatic heterocycles. The first kappa shape index (κ1) is 21.5. The van der Waals surface area contributed by atoms with E-state index in [-0.39, 0.29) is 6.10 Å². The van der Waals surface area contributed by atoms with Crippen molar-refractivity contribution in [2.45, 2.75) is 25.0 Å². The number of anilines is 1. The van der Waals surface area contributed by atoms with Crippen molar-refractivity contribution in [3.63, 3.8) is 0 Å². The lowest BCUT2D eigenvalue weighted by Crippen LogP contribution is -2.39. The van der Waals surface area contributed by atoms with E-state index in [1.54, 1.807) is 4.68 Å². The maximum Gasteiger partial charge on any atom is 0.166 e. The molecule has 2 saturated heterocycles. The molecule has 0 amide bonds. The summed E-state index contributed by atoms with van der Waals surface area (Å²) in [6.07, 6.45) is 4.36. The van der Waals surface area contributed by atoms with Crippen LogP contribution in [-0.2, 0) is 16.5 Å². The highest BCUT2D eigenvalue weighted by molar-refractivity contribution is 5.83. The van der Waals surface area contributed by atoms with Crippen molar-refractivity contribution in [1.82, 2.24) is 24.9 Å². The fourth-order valence-electron chi connectivity index (χ4n) is 5.82. The summed E-state index contributed by atoms with van der Waals surface area (Å²) in [6, 6.07) is 10.4. The van der Waals surface area contributed by atoms with E-state index in [0.29, 0.717) is 54.8 Å². The summed E-state index contributed by atoms with van der Waals surface area (Å²) in [4.78, 5) is 2.53. The SMILES string of the molecule is Cn1cc2cc(-c3cc(C#N)c(N[C@@H]4C[C@@H]5CN(C[C@H]6COCCO6)C[C@@H]5C4)nn3)ccc2n1. The Balaban J connectivity index is 1.10. The van der Waals surface area contributed by atoms with Crippen LogP contribution in [0.5, 0.6) is 0 Å². The molecule has 4 atom stereocenters. The van der Waals surface area contributed by atoms with Gasteiger partial charge in [-0.2, -0.15) is 10.4 Å². The van der Waals surface area contributed by atoms with Crippen LogP contribution in [0, 0.1) is 23.2 Å². The third-order valence-corrected chi connectivity index (χ3v) is 7.34. The summed E-state index contributed by atoms with van der Waals surface area (Å²) < 4.78 is 13.2. The van der Waals surface area contributed by atoms with E-state index >= 15 is 0 Å². The molecule has 3 aliphatic rings. The van der Waals surface area contributed by atoms with Crippen molar-refractivity contribution in [3.05, 3.63) is 36.0 Å². The van der Waals surface area contributed by atoms with E-state index in [4.69, 9.17) is 9.47 Å². The standard InChI is InChI=1S/C25H29N7O2/c1-31-11-20-6-16(2-3-23(20)30-31)24-9-17(10-26)25(29-28-24)27-21-7-18-12-32(13-19(18)8-21)14-22-15-33-4-5-34-22/h2-3,6,9,11,18-19,21-22H,4-5,7-8,12-15H2,1H3,(H,27,29)/t18-,19+,21-,22-/m0/s1. The molecule has 1 aromatic carbocycles. The van der Waals surface area contributed by atoms with Crippen LogP contribution in [0.4, 0.5) is 5.82 Å². The molecule has 2 aliphatic heterocycles. The quantitative estimate of drug-likeness (QED) is 0.621. The second-order valence-corrected chi connectivity index (χ2v) is 9.80. The van der Waals surface area contributed by atoms with Gasteiger partial charge in [0.05, 0.1) is 42.7 Å². The first-order valence-corrected chi connectivity index (χ1v) is 12.0. The predicted molar refractivity (Wildman–Crippen MR) is 127 cm³/mol. The lowest BCUT2D eigenvalue weighted by Gasteiger charge is -2.28. The van der Waals surface area contributed by atoms with Crippen molar-refractivity contribution in [2.75, 3.05) is 44.8 Å². The third kappa shape index (κ3) is 4.25. The highest BCUT2D eigenvalue weighted by Crippen LogP contribution is 2.39. The minimum absolute atomic E-state index is 0.201. The Morgan fingerprint density at radius 1 is 1.15 bits per heavy atom. The molecule has 176 valence electrons. The van der Waals surface area contributed by atoms with Gasteiger partial charge in [-0.25, -0.2) is 0 Å². The summed E-state index contributed by atoms with van der Waals surface area (Å²) in [7, 11) is 1.91. The number of aryl methyl sites for hydroxylation is 1. The topological polar surface area (TPSA) is 101 Å². The van der Waals surface area contributed by atoms with Gasteiger partial charge in [-0.3, -0.25) is 4.68 Å². The molecule has 9 nitrogen and oxygen atoms in total. The van der Waals surface area contributed by atoms with Crippen molar-refractivity contribution >= 4 is 16.7 Å². The van der Waals surface area contributed by atoms with Gasteiger partial charge in [0.15, 0.2) is 5.82 Å². The highest BCUT2D eigenvalue weighted by Gasteiger charge is 2.41. The zero-order chi connectivity index (χ0) is 23.1. The second kappa shape index (κ2) is 8.95. The molecule has 3 aromatic rings. The summed E-state index contributed by atoms with van der Waals surface area (Å²) in [6.45, 7) is 5.30. The number of aromatic nitrogens is 4. The zero-order valence-electron chi connectivity index (χ0n) is 19.4. The summed E-state index contributed by atoms with van der Waals surface area (Å²) in [5.74, 6) is 1.93. The van der Waals surface area contributed by atoms with Crippen LogP contribution in [0.3, 0.4) is 0 Å². The smallest absolute Gasteiger partial charge is 0.166 e. The summed E-state index contributed by atoms with van der Waals surface area (Å²) in [5, 5.41) is 27.6. The molecule has 9 heteroatoms. The van der Waals surface area contributed by atoms with Gasteiger partial charge in [0.1, 0.15) is 6.07 Å². The Morgan fingerprint density at radius 2 is 2.00 bits per heavy atom. The van der Waals surface area contributed by atoms with Crippen LogP contribution < -0.4 is 5.32 Å². The number of nitrogens with zero attached hydrogens (tertiary/aromatic N) is 6. The fourth-order valence-corrected chi connectivity index (χ4v) is 5.82. The van der Waals surface area contributed by atoms with E-state index in [1.165, 1.54) is 0 Å². The number of likely N-dealkylation sites (tertiary alicyclic amines) is 1. The molecule has 0 spiro atoms. The Hall–Kier alpha value is -3.06. The van der Waals surface area contributed by atoms with Gasteiger partial charge in [0.25, 0.3) is 0 Å². The summed E-state index contributed by atoms with van der Waals surface area (Å²) in [5.41, 5.74) is 3.09. The molecule has 0 radical (unpaired) electrons. The van der Waals surface area contributed by atoms with Crippen molar-refractivity contribution < 1.29 is 9.47 Å².